The third-order valence-electron chi connectivity index (χ3n) is 2.30. The first-order valence-corrected chi connectivity index (χ1v) is 6.66. The Morgan fingerprint density at radius 2 is 1.94 bits per heavy atom. The van der Waals surface area contributed by atoms with Gasteiger partial charge in [0.05, 0.1) is 11.6 Å². The molecule has 0 unspecified atom stereocenters. The lowest BCUT2D eigenvalue weighted by Gasteiger charge is -2.05. The van der Waals surface area contributed by atoms with Crippen molar-refractivity contribution in [1.29, 1.82) is 0 Å². The zero-order valence-electron chi connectivity index (χ0n) is 10.1. The second-order valence-corrected chi connectivity index (χ2v) is 4.94. The number of aromatic nitrogens is 1. The van der Waals surface area contributed by atoms with Gasteiger partial charge >= 0.3 is 0 Å². The largest absolute Gasteiger partial charge is 0.493 e. The molecule has 0 saturated heterocycles. The number of pyridine rings is 1. The first kappa shape index (κ1) is 12.9. The van der Waals surface area contributed by atoms with E-state index < -0.39 is 0 Å². The minimum atomic E-state index is -0.249. The molecule has 0 aliphatic carbocycles. The van der Waals surface area contributed by atoms with Crippen LogP contribution in [0.1, 0.15) is 5.56 Å². The van der Waals surface area contributed by atoms with E-state index in [1.165, 1.54) is 12.1 Å². The van der Waals surface area contributed by atoms with Gasteiger partial charge in [0.1, 0.15) is 11.6 Å². The molecular weight excluding hydrogens is 249 g/mol. The number of hydrogen-bond acceptors (Lipinski definition) is 3. The van der Waals surface area contributed by atoms with Crippen molar-refractivity contribution in [3.8, 4) is 5.75 Å². The van der Waals surface area contributed by atoms with Crippen molar-refractivity contribution >= 4 is 11.8 Å². The Morgan fingerprint density at radius 3 is 2.61 bits per heavy atom. The van der Waals surface area contributed by atoms with E-state index in [4.69, 9.17) is 4.74 Å². The Morgan fingerprint density at radius 1 is 1.17 bits per heavy atom. The molecule has 0 amide bonds. The molecule has 0 spiro atoms. The van der Waals surface area contributed by atoms with E-state index in [0.717, 1.165) is 16.3 Å². The Kier molecular flexibility index (Phi) is 4.59. The molecular formula is C14H14FNOS. The predicted molar refractivity (Wildman–Crippen MR) is 71.6 cm³/mol. The highest BCUT2D eigenvalue weighted by molar-refractivity contribution is 7.99. The van der Waals surface area contributed by atoms with E-state index in [9.17, 15) is 4.39 Å². The van der Waals surface area contributed by atoms with Crippen LogP contribution < -0.4 is 4.74 Å². The molecule has 0 saturated carbocycles. The van der Waals surface area contributed by atoms with Crippen molar-refractivity contribution in [2.75, 3.05) is 12.4 Å². The first-order valence-electron chi connectivity index (χ1n) is 5.68. The Labute approximate surface area is 110 Å². The maximum absolute atomic E-state index is 12.7. The highest BCUT2D eigenvalue weighted by Gasteiger charge is 1.97. The molecule has 0 N–H and O–H groups in total. The molecule has 0 aliphatic rings. The average Bonchev–Trinajstić information content (AvgIpc) is 2.39. The molecule has 4 heteroatoms. The molecule has 0 fully saturated rings. The van der Waals surface area contributed by atoms with E-state index in [0.29, 0.717) is 12.4 Å². The number of benzene rings is 1. The summed E-state index contributed by atoms with van der Waals surface area (Å²) in [7, 11) is 0. The second kappa shape index (κ2) is 6.40. The lowest BCUT2D eigenvalue weighted by molar-refractivity contribution is 0.343. The molecule has 18 heavy (non-hydrogen) atoms. The molecule has 1 heterocycles. The van der Waals surface area contributed by atoms with Gasteiger partial charge in [0.2, 0.25) is 0 Å². The van der Waals surface area contributed by atoms with Crippen LogP contribution in [0.3, 0.4) is 0 Å². The van der Waals surface area contributed by atoms with Crippen LogP contribution in [0.4, 0.5) is 4.39 Å². The highest BCUT2D eigenvalue weighted by Crippen LogP contribution is 2.16. The van der Waals surface area contributed by atoms with Gasteiger partial charge in [0.25, 0.3) is 0 Å². The summed E-state index contributed by atoms with van der Waals surface area (Å²) in [5, 5.41) is 0.989. The summed E-state index contributed by atoms with van der Waals surface area (Å²) in [5.41, 5.74) is 1.15. The quantitative estimate of drug-likeness (QED) is 0.606. The number of hydrogen-bond donors (Lipinski definition) is 0. The van der Waals surface area contributed by atoms with Crippen LogP contribution in [0.15, 0.2) is 47.6 Å². The Hall–Kier alpha value is -1.55. The van der Waals surface area contributed by atoms with Crippen molar-refractivity contribution in [3.05, 3.63) is 54.0 Å². The molecule has 0 bridgehead atoms. The van der Waals surface area contributed by atoms with E-state index in [1.807, 2.05) is 25.3 Å². The smallest absolute Gasteiger partial charge is 0.123 e. The van der Waals surface area contributed by atoms with Crippen LogP contribution in [-0.4, -0.2) is 17.3 Å². The van der Waals surface area contributed by atoms with Gasteiger partial charge in [-0.2, -0.15) is 0 Å². The summed E-state index contributed by atoms with van der Waals surface area (Å²) in [4.78, 5) is 4.29. The van der Waals surface area contributed by atoms with Gasteiger partial charge in [0, 0.05) is 11.9 Å². The lowest BCUT2D eigenvalue weighted by Crippen LogP contribution is -2.00. The monoisotopic (exact) mass is 263 g/mol. The summed E-state index contributed by atoms with van der Waals surface area (Å²) in [6.07, 6.45) is 1.85. The van der Waals surface area contributed by atoms with E-state index >= 15 is 0 Å². The minimum absolute atomic E-state index is 0.249. The zero-order chi connectivity index (χ0) is 12.8. The van der Waals surface area contributed by atoms with Crippen molar-refractivity contribution in [3.63, 3.8) is 0 Å². The number of halogens is 1. The first-order chi connectivity index (χ1) is 8.74. The van der Waals surface area contributed by atoms with Gasteiger partial charge in [-0.25, -0.2) is 9.37 Å². The third kappa shape index (κ3) is 4.04. The standard InChI is InChI=1S/C14H14FNOS/c1-11-2-7-14(16-10-11)18-9-8-17-13-5-3-12(15)4-6-13/h2-7,10H,8-9H2,1H3. The van der Waals surface area contributed by atoms with Crippen LogP contribution in [0.5, 0.6) is 5.75 Å². The van der Waals surface area contributed by atoms with Crippen LogP contribution in [0.2, 0.25) is 0 Å². The van der Waals surface area contributed by atoms with E-state index in [-0.39, 0.29) is 5.82 Å². The molecule has 2 aromatic rings. The van der Waals surface area contributed by atoms with Gasteiger partial charge in [-0.1, -0.05) is 6.07 Å². The molecule has 2 rings (SSSR count). The number of thioether (sulfide) groups is 1. The molecule has 1 aromatic heterocycles. The second-order valence-electron chi connectivity index (χ2n) is 3.82. The molecule has 0 radical (unpaired) electrons. The summed E-state index contributed by atoms with van der Waals surface area (Å²) in [6, 6.07) is 10.1. The van der Waals surface area contributed by atoms with Crippen molar-refractivity contribution < 1.29 is 9.13 Å². The van der Waals surface area contributed by atoms with Crippen molar-refractivity contribution in [2.24, 2.45) is 0 Å². The molecule has 1 aromatic carbocycles. The minimum Gasteiger partial charge on any atom is -0.493 e. The summed E-state index contributed by atoms with van der Waals surface area (Å²) >= 11 is 1.64. The van der Waals surface area contributed by atoms with Crippen molar-refractivity contribution in [1.82, 2.24) is 4.98 Å². The maximum atomic E-state index is 12.7. The van der Waals surface area contributed by atoms with Crippen LogP contribution in [0.25, 0.3) is 0 Å². The fourth-order valence-corrected chi connectivity index (χ4v) is 2.04. The number of aryl methyl sites for hydroxylation is 1. The Bertz CT molecular complexity index is 437. The van der Waals surface area contributed by atoms with Gasteiger partial charge < -0.3 is 4.74 Å². The van der Waals surface area contributed by atoms with Gasteiger partial charge in [-0.3, -0.25) is 0 Å². The molecule has 0 atom stereocenters. The summed E-state index contributed by atoms with van der Waals surface area (Å²) in [5.74, 6) is 1.25. The van der Waals surface area contributed by atoms with Gasteiger partial charge in [0.15, 0.2) is 0 Å². The summed E-state index contributed by atoms with van der Waals surface area (Å²) < 4.78 is 18.2. The SMILES string of the molecule is Cc1ccc(SCCOc2ccc(F)cc2)nc1. The van der Waals surface area contributed by atoms with Crippen LogP contribution in [-0.2, 0) is 0 Å². The van der Waals surface area contributed by atoms with Gasteiger partial charge in [-0.05, 0) is 42.8 Å². The van der Waals surface area contributed by atoms with Crippen molar-refractivity contribution in [2.45, 2.75) is 11.9 Å². The highest BCUT2D eigenvalue weighted by atomic mass is 32.2. The zero-order valence-corrected chi connectivity index (χ0v) is 10.9. The van der Waals surface area contributed by atoms with E-state index in [1.54, 1.807) is 23.9 Å². The predicted octanol–water partition coefficient (Wildman–Crippen LogP) is 3.70. The van der Waals surface area contributed by atoms with Crippen LogP contribution >= 0.6 is 11.8 Å². The molecule has 2 nitrogen and oxygen atoms in total. The van der Waals surface area contributed by atoms with Crippen LogP contribution in [0, 0.1) is 12.7 Å². The topological polar surface area (TPSA) is 22.1 Å². The average molecular weight is 263 g/mol. The maximum Gasteiger partial charge on any atom is 0.123 e. The third-order valence-corrected chi connectivity index (χ3v) is 3.21. The van der Waals surface area contributed by atoms with E-state index in [2.05, 4.69) is 4.98 Å². The fraction of sp³-hybridized carbons (Fsp3) is 0.214. The normalized spacial score (nSPS) is 10.3. The number of ether oxygens (including phenoxy) is 1. The molecule has 0 aliphatic heterocycles. The fourth-order valence-electron chi connectivity index (χ4n) is 1.38. The van der Waals surface area contributed by atoms with Gasteiger partial charge in [-0.15, -0.1) is 11.8 Å². The number of nitrogens with zero attached hydrogens (tertiary/aromatic N) is 1. The number of rotatable bonds is 5. The summed E-state index contributed by atoms with van der Waals surface area (Å²) in [6.45, 7) is 2.59. The Balaban J connectivity index is 1.73. The molecule has 94 valence electrons. The lowest BCUT2D eigenvalue weighted by atomic mass is 10.3.